The van der Waals surface area contributed by atoms with E-state index in [-0.39, 0.29) is 24.4 Å². The zero-order chi connectivity index (χ0) is 17.5. The molecular formula is C17H21N5O2S. The van der Waals surface area contributed by atoms with Gasteiger partial charge in [0, 0.05) is 48.6 Å². The maximum absolute atomic E-state index is 12.0. The normalized spacial score (nSPS) is 17.0. The lowest BCUT2D eigenvalue weighted by Crippen LogP contribution is -2.42. The van der Waals surface area contributed by atoms with Crippen LogP contribution in [0.3, 0.4) is 0 Å². The van der Waals surface area contributed by atoms with Crippen molar-refractivity contribution in [3.63, 3.8) is 0 Å². The van der Waals surface area contributed by atoms with E-state index in [4.69, 9.17) is 0 Å². The second-order valence-electron chi connectivity index (χ2n) is 5.75. The molecule has 1 atom stereocenters. The SMILES string of the molecule is O=C(CC1CSCCN1)NCC(=O)Nc1ccc(-n2cccn2)cc1. The van der Waals surface area contributed by atoms with Gasteiger partial charge in [0.25, 0.3) is 0 Å². The highest BCUT2D eigenvalue weighted by atomic mass is 32.2. The molecule has 1 fully saturated rings. The molecule has 132 valence electrons. The number of amides is 2. The van der Waals surface area contributed by atoms with Crippen LogP contribution in [0.4, 0.5) is 5.69 Å². The Bertz CT molecular complexity index is 696. The Kier molecular flexibility index (Phi) is 6.08. The van der Waals surface area contributed by atoms with E-state index in [0.717, 1.165) is 23.7 Å². The summed E-state index contributed by atoms with van der Waals surface area (Å²) >= 11 is 1.84. The number of aromatic nitrogens is 2. The molecule has 0 saturated carbocycles. The number of carbonyl (C=O) groups excluding carboxylic acids is 2. The van der Waals surface area contributed by atoms with E-state index in [9.17, 15) is 9.59 Å². The number of benzene rings is 1. The van der Waals surface area contributed by atoms with Gasteiger partial charge < -0.3 is 16.0 Å². The Balaban J connectivity index is 1.42. The number of rotatable bonds is 6. The summed E-state index contributed by atoms with van der Waals surface area (Å²) in [6, 6.07) is 9.39. The van der Waals surface area contributed by atoms with Gasteiger partial charge in [0.2, 0.25) is 11.8 Å². The quantitative estimate of drug-likeness (QED) is 0.717. The van der Waals surface area contributed by atoms with E-state index >= 15 is 0 Å². The van der Waals surface area contributed by atoms with Gasteiger partial charge in [0.05, 0.1) is 12.2 Å². The lowest BCUT2D eigenvalue weighted by Gasteiger charge is -2.22. The molecule has 1 unspecified atom stereocenters. The highest BCUT2D eigenvalue weighted by Gasteiger charge is 2.17. The molecule has 25 heavy (non-hydrogen) atoms. The monoisotopic (exact) mass is 359 g/mol. The van der Waals surface area contributed by atoms with Crippen molar-refractivity contribution in [2.45, 2.75) is 12.5 Å². The van der Waals surface area contributed by atoms with Crippen molar-refractivity contribution in [3.05, 3.63) is 42.7 Å². The number of hydrogen-bond donors (Lipinski definition) is 3. The molecule has 0 bridgehead atoms. The highest BCUT2D eigenvalue weighted by molar-refractivity contribution is 7.99. The lowest BCUT2D eigenvalue weighted by atomic mass is 10.2. The van der Waals surface area contributed by atoms with Crippen LogP contribution >= 0.6 is 11.8 Å². The van der Waals surface area contributed by atoms with Gasteiger partial charge in [-0.15, -0.1) is 0 Å². The summed E-state index contributed by atoms with van der Waals surface area (Å²) in [6.45, 7) is 0.900. The first-order valence-corrected chi connectivity index (χ1v) is 9.34. The molecule has 0 aliphatic carbocycles. The van der Waals surface area contributed by atoms with Gasteiger partial charge >= 0.3 is 0 Å². The van der Waals surface area contributed by atoms with Crippen LogP contribution in [0.1, 0.15) is 6.42 Å². The van der Waals surface area contributed by atoms with Gasteiger partial charge in [0.1, 0.15) is 0 Å². The fourth-order valence-corrected chi connectivity index (χ4v) is 3.50. The predicted octanol–water partition coefficient (Wildman–Crippen LogP) is 1.02. The second kappa shape index (κ2) is 8.68. The van der Waals surface area contributed by atoms with Crippen LogP contribution in [0.2, 0.25) is 0 Å². The lowest BCUT2D eigenvalue weighted by molar-refractivity contribution is -0.124. The van der Waals surface area contributed by atoms with Gasteiger partial charge in [-0.1, -0.05) is 0 Å². The molecule has 2 aromatic rings. The van der Waals surface area contributed by atoms with Gasteiger partial charge in [-0.2, -0.15) is 16.9 Å². The first-order chi connectivity index (χ1) is 12.2. The van der Waals surface area contributed by atoms with Crippen LogP contribution in [0.25, 0.3) is 5.69 Å². The van der Waals surface area contributed by atoms with E-state index in [1.165, 1.54) is 0 Å². The zero-order valence-electron chi connectivity index (χ0n) is 13.8. The number of hydrogen-bond acceptors (Lipinski definition) is 5. The summed E-state index contributed by atoms with van der Waals surface area (Å²) in [5.74, 6) is 1.66. The first-order valence-electron chi connectivity index (χ1n) is 8.18. The molecule has 1 aromatic heterocycles. The third kappa shape index (κ3) is 5.33. The van der Waals surface area contributed by atoms with E-state index in [1.54, 1.807) is 23.0 Å². The molecule has 1 saturated heterocycles. The molecule has 1 aliphatic rings. The zero-order valence-corrected chi connectivity index (χ0v) is 14.6. The van der Waals surface area contributed by atoms with Crippen molar-refractivity contribution in [2.75, 3.05) is 29.9 Å². The van der Waals surface area contributed by atoms with Crippen LogP contribution in [0, 0.1) is 0 Å². The number of thioether (sulfide) groups is 1. The topological polar surface area (TPSA) is 88.0 Å². The summed E-state index contributed by atoms with van der Waals surface area (Å²) in [7, 11) is 0. The molecular weight excluding hydrogens is 338 g/mol. The molecule has 0 radical (unpaired) electrons. The van der Waals surface area contributed by atoms with Crippen molar-refractivity contribution < 1.29 is 9.59 Å². The molecule has 3 rings (SSSR count). The number of nitrogens with zero attached hydrogens (tertiary/aromatic N) is 2. The molecule has 2 heterocycles. The summed E-state index contributed by atoms with van der Waals surface area (Å²) in [4.78, 5) is 23.9. The van der Waals surface area contributed by atoms with Crippen LogP contribution < -0.4 is 16.0 Å². The van der Waals surface area contributed by atoms with E-state index in [1.807, 2.05) is 36.2 Å². The maximum Gasteiger partial charge on any atom is 0.243 e. The Morgan fingerprint density at radius 3 is 2.80 bits per heavy atom. The predicted molar refractivity (Wildman–Crippen MR) is 98.9 cm³/mol. The largest absolute Gasteiger partial charge is 0.347 e. The number of carbonyl (C=O) groups is 2. The van der Waals surface area contributed by atoms with Crippen molar-refractivity contribution in [1.29, 1.82) is 0 Å². The molecule has 2 amide bonds. The summed E-state index contributed by atoms with van der Waals surface area (Å²) < 4.78 is 1.74. The molecule has 8 heteroatoms. The van der Waals surface area contributed by atoms with Gasteiger partial charge in [-0.05, 0) is 30.3 Å². The molecule has 0 spiro atoms. The summed E-state index contributed by atoms with van der Waals surface area (Å²) in [6.07, 6.45) is 3.96. The average Bonchev–Trinajstić information content (AvgIpc) is 3.16. The van der Waals surface area contributed by atoms with Crippen molar-refractivity contribution >= 4 is 29.3 Å². The van der Waals surface area contributed by atoms with Crippen molar-refractivity contribution in [1.82, 2.24) is 20.4 Å². The third-order valence-corrected chi connectivity index (χ3v) is 4.93. The average molecular weight is 359 g/mol. The molecule has 1 aliphatic heterocycles. The van der Waals surface area contributed by atoms with Gasteiger partial charge in [0.15, 0.2) is 0 Å². The fraction of sp³-hybridized carbons (Fsp3) is 0.353. The highest BCUT2D eigenvalue weighted by Crippen LogP contribution is 2.12. The number of anilines is 1. The van der Waals surface area contributed by atoms with E-state index in [2.05, 4.69) is 21.0 Å². The molecule has 3 N–H and O–H groups in total. The van der Waals surface area contributed by atoms with Crippen LogP contribution in [0.5, 0.6) is 0 Å². The van der Waals surface area contributed by atoms with E-state index < -0.39 is 0 Å². The van der Waals surface area contributed by atoms with Crippen LogP contribution in [-0.4, -0.2) is 52.2 Å². The number of nitrogens with one attached hydrogen (secondary N) is 3. The van der Waals surface area contributed by atoms with Gasteiger partial charge in [-0.3, -0.25) is 9.59 Å². The summed E-state index contributed by atoms with van der Waals surface area (Å²) in [5.41, 5.74) is 1.59. The van der Waals surface area contributed by atoms with Crippen molar-refractivity contribution in [3.8, 4) is 5.69 Å². The second-order valence-corrected chi connectivity index (χ2v) is 6.90. The smallest absolute Gasteiger partial charge is 0.243 e. The Morgan fingerprint density at radius 1 is 1.28 bits per heavy atom. The molecule has 7 nitrogen and oxygen atoms in total. The minimum atomic E-state index is -0.244. The minimum Gasteiger partial charge on any atom is -0.347 e. The Morgan fingerprint density at radius 2 is 2.12 bits per heavy atom. The van der Waals surface area contributed by atoms with Crippen LogP contribution in [-0.2, 0) is 9.59 Å². The Hall–Kier alpha value is -2.32. The van der Waals surface area contributed by atoms with Gasteiger partial charge in [-0.25, -0.2) is 4.68 Å². The summed E-state index contributed by atoms with van der Waals surface area (Å²) in [5, 5.41) is 12.9. The van der Waals surface area contributed by atoms with Crippen molar-refractivity contribution in [2.24, 2.45) is 0 Å². The maximum atomic E-state index is 12.0. The molecule has 1 aromatic carbocycles. The fourth-order valence-electron chi connectivity index (χ4n) is 2.55. The standard InChI is InChI=1S/C17H21N5O2S/c23-16(10-14-12-25-9-7-18-14)19-11-17(24)21-13-2-4-15(5-3-13)22-8-1-6-20-22/h1-6,8,14,18H,7,9-12H2,(H,19,23)(H,21,24). The van der Waals surface area contributed by atoms with Crippen LogP contribution in [0.15, 0.2) is 42.7 Å². The van der Waals surface area contributed by atoms with E-state index in [0.29, 0.717) is 12.1 Å². The Labute approximate surface area is 150 Å². The third-order valence-electron chi connectivity index (χ3n) is 3.80. The first kappa shape index (κ1) is 17.5. The minimum absolute atomic E-state index is 0.0282.